The van der Waals surface area contributed by atoms with Gasteiger partial charge in [-0.1, -0.05) is 6.42 Å². The highest BCUT2D eigenvalue weighted by atomic mass is 35.5. The summed E-state index contributed by atoms with van der Waals surface area (Å²) in [6.45, 7) is 0.709. The SMILES string of the molecule is COc1ccc(S(=O)(=O)N2CCCCC2CN)cc1C(N)=O.Cl. The summed E-state index contributed by atoms with van der Waals surface area (Å²) < 4.78 is 32.1. The van der Waals surface area contributed by atoms with E-state index in [9.17, 15) is 13.2 Å². The van der Waals surface area contributed by atoms with Gasteiger partial charge in [-0.25, -0.2) is 8.42 Å². The lowest BCUT2D eigenvalue weighted by Crippen LogP contribution is -2.47. The average Bonchev–Trinajstić information content (AvgIpc) is 2.53. The molecule has 23 heavy (non-hydrogen) atoms. The molecule has 0 radical (unpaired) electrons. The Balaban J connectivity index is 0.00000264. The summed E-state index contributed by atoms with van der Waals surface area (Å²) in [6.07, 6.45) is 2.51. The van der Waals surface area contributed by atoms with Crippen LogP contribution in [0.2, 0.25) is 0 Å². The Bertz CT molecular complexity index is 666. The fraction of sp³-hybridized carbons (Fsp3) is 0.500. The van der Waals surface area contributed by atoms with E-state index in [1.807, 2.05) is 0 Å². The maximum absolute atomic E-state index is 12.8. The Morgan fingerprint density at radius 2 is 2.09 bits per heavy atom. The number of piperidine rings is 1. The number of primary amides is 1. The number of nitrogens with zero attached hydrogens (tertiary/aromatic N) is 1. The molecule has 0 saturated carbocycles. The molecule has 1 heterocycles. The molecule has 1 aliphatic rings. The summed E-state index contributed by atoms with van der Waals surface area (Å²) in [5, 5.41) is 0. The van der Waals surface area contributed by atoms with Gasteiger partial charge in [0.15, 0.2) is 0 Å². The molecule has 1 aliphatic heterocycles. The van der Waals surface area contributed by atoms with Crippen LogP contribution in [0.4, 0.5) is 0 Å². The molecule has 1 aromatic carbocycles. The number of sulfonamides is 1. The third-order valence-corrected chi connectivity index (χ3v) is 5.84. The first-order valence-electron chi connectivity index (χ1n) is 7.11. The molecule has 0 aromatic heterocycles. The minimum absolute atomic E-state index is 0. The van der Waals surface area contributed by atoms with Gasteiger partial charge in [0.1, 0.15) is 5.75 Å². The minimum atomic E-state index is -3.71. The van der Waals surface area contributed by atoms with Gasteiger partial charge < -0.3 is 16.2 Å². The van der Waals surface area contributed by atoms with Crippen LogP contribution in [0.5, 0.6) is 5.75 Å². The fourth-order valence-electron chi connectivity index (χ4n) is 2.70. The van der Waals surface area contributed by atoms with Crippen molar-refractivity contribution in [2.75, 3.05) is 20.2 Å². The Hall–Kier alpha value is -1.35. The number of halogens is 1. The number of hydrogen-bond donors (Lipinski definition) is 2. The van der Waals surface area contributed by atoms with Crippen LogP contribution in [-0.4, -0.2) is 44.9 Å². The van der Waals surface area contributed by atoms with Gasteiger partial charge in [-0.3, -0.25) is 4.79 Å². The standard InChI is InChI=1S/C14H21N3O4S.ClH/c1-21-13-6-5-11(8-12(13)14(16)18)22(19,20)17-7-3-2-4-10(17)9-15;/h5-6,8,10H,2-4,7,9,15H2,1H3,(H2,16,18);1H. The number of amides is 1. The summed E-state index contributed by atoms with van der Waals surface area (Å²) in [7, 11) is -2.32. The van der Waals surface area contributed by atoms with Crippen LogP contribution in [0.3, 0.4) is 0 Å². The molecule has 7 nitrogen and oxygen atoms in total. The Labute approximate surface area is 142 Å². The number of ether oxygens (including phenoxy) is 1. The first kappa shape index (κ1) is 19.7. The highest BCUT2D eigenvalue weighted by Crippen LogP contribution is 2.28. The smallest absolute Gasteiger partial charge is 0.252 e. The van der Waals surface area contributed by atoms with Crippen LogP contribution in [0.25, 0.3) is 0 Å². The molecular weight excluding hydrogens is 342 g/mol. The van der Waals surface area contributed by atoms with Crippen molar-refractivity contribution in [3.05, 3.63) is 23.8 Å². The average molecular weight is 364 g/mol. The molecule has 9 heteroatoms. The van der Waals surface area contributed by atoms with Gasteiger partial charge in [-0.2, -0.15) is 4.31 Å². The quantitative estimate of drug-likeness (QED) is 0.799. The molecular formula is C14H22ClN3O4S. The molecule has 0 spiro atoms. The lowest BCUT2D eigenvalue weighted by molar-refractivity contribution is 0.0997. The van der Waals surface area contributed by atoms with Crippen molar-refractivity contribution in [2.45, 2.75) is 30.2 Å². The molecule has 0 aliphatic carbocycles. The zero-order valence-corrected chi connectivity index (χ0v) is 14.5. The number of benzene rings is 1. The minimum Gasteiger partial charge on any atom is -0.496 e. The van der Waals surface area contributed by atoms with E-state index in [0.717, 1.165) is 19.3 Å². The van der Waals surface area contributed by atoms with E-state index >= 15 is 0 Å². The fourth-order valence-corrected chi connectivity index (χ4v) is 4.43. The van der Waals surface area contributed by atoms with Crippen LogP contribution in [0.1, 0.15) is 29.6 Å². The number of hydrogen-bond acceptors (Lipinski definition) is 5. The number of carbonyl (C=O) groups is 1. The largest absolute Gasteiger partial charge is 0.496 e. The van der Waals surface area contributed by atoms with E-state index in [0.29, 0.717) is 6.54 Å². The summed E-state index contributed by atoms with van der Waals surface area (Å²) in [5.74, 6) is -0.483. The molecule has 130 valence electrons. The van der Waals surface area contributed by atoms with Crippen LogP contribution in [-0.2, 0) is 10.0 Å². The van der Waals surface area contributed by atoms with Gasteiger partial charge in [0, 0.05) is 19.1 Å². The predicted octanol–water partition coefficient (Wildman–Crippen LogP) is 0.718. The van der Waals surface area contributed by atoms with Crippen LogP contribution >= 0.6 is 12.4 Å². The number of rotatable bonds is 5. The Morgan fingerprint density at radius 1 is 1.39 bits per heavy atom. The number of nitrogens with two attached hydrogens (primary N) is 2. The maximum Gasteiger partial charge on any atom is 0.252 e. The molecule has 1 unspecified atom stereocenters. The zero-order valence-electron chi connectivity index (χ0n) is 12.9. The van der Waals surface area contributed by atoms with Crippen molar-refractivity contribution < 1.29 is 17.9 Å². The lowest BCUT2D eigenvalue weighted by Gasteiger charge is -2.34. The molecule has 1 saturated heterocycles. The summed E-state index contributed by atoms with van der Waals surface area (Å²) in [5.41, 5.74) is 11.0. The lowest BCUT2D eigenvalue weighted by atomic mass is 10.1. The van der Waals surface area contributed by atoms with Crippen molar-refractivity contribution in [2.24, 2.45) is 11.5 Å². The topological polar surface area (TPSA) is 116 Å². The van der Waals surface area contributed by atoms with Crippen LogP contribution in [0, 0.1) is 0 Å². The Kier molecular flexibility index (Phi) is 6.82. The van der Waals surface area contributed by atoms with Crippen molar-refractivity contribution in [3.63, 3.8) is 0 Å². The third-order valence-electron chi connectivity index (χ3n) is 3.89. The van der Waals surface area contributed by atoms with Gasteiger partial charge in [0.25, 0.3) is 5.91 Å². The van der Waals surface area contributed by atoms with Crippen LogP contribution in [0.15, 0.2) is 23.1 Å². The highest BCUT2D eigenvalue weighted by molar-refractivity contribution is 7.89. The molecule has 1 amide bonds. The third kappa shape index (κ3) is 3.95. The molecule has 0 bridgehead atoms. The number of carbonyl (C=O) groups excluding carboxylic acids is 1. The van der Waals surface area contributed by atoms with Gasteiger partial charge in [-0.05, 0) is 31.0 Å². The highest BCUT2D eigenvalue weighted by Gasteiger charge is 2.33. The second kappa shape index (κ2) is 7.96. The second-order valence-corrected chi connectivity index (χ2v) is 7.12. The summed E-state index contributed by atoms with van der Waals surface area (Å²) >= 11 is 0. The van der Waals surface area contributed by atoms with E-state index in [1.54, 1.807) is 0 Å². The molecule has 2 rings (SSSR count). The van der Waals surface area contributed by atoms with E-state index in [-0.39, 0.29) is 41.2 Å². The molecule has 1 aromatic rings. The second-order valence-electron chi connectivity index (χ2n) is 5.23. The van der Waals surface area contributed by atoms with E-state index in [4.69, 9.17) is 16.2 Å². The predicted molar refractivity (Wildman–Crippen MR) is 89.3 cm³/mol. The Morgan fingerprint density at radius 3 is 2.65 bits per heavy atom. The van der Waals surface area contributed by atoms with Gasteiger partial charge in [0.05, 0.1) is 17.6 Å². The normalized spacial score (nSPS) is 19.0. The van der Waals surface area contributed by atoms with Gasteiger partial charge in [0.2, 0.25) is 10.0 Å². The van der Waals surface area contributed by atoms with Gasteiger partial charge >= 0.3 is 0 Å². The molecule has 4 N–H and O–H groups in total. The van der Waals surface area contributed by atoms with Crippen molar-refractivity contribution >= 4 is 28.3 Å². The van der Waals surface area contributed by atoms with Crippen molar-refractivity contribution in [3.8, 4) is 5.75 Å². The maximum atomic E-state index is 12.8. The summed E-state index contributed by atoms with van der Waals surface area (Å²) in [4.78, 5) is 11.5. The van der Waals surface area contributed by atoms with E-state index in [1.165, 1.54) is 29.6 Å². The number of methoxy groups -OCH3 is 1. The molecule has 1 atom stereocenters. The van der Waals surface area contributed by atoms with Gasteiger partial charge in [-0.15, -0.1) is 12.4 Å². The first-order valence-corrected chi connectivity index (χ1v) is 8.55. The van der Waals surface area contributed by atoms with Crippen LogP contribution < -0.4 is 16.2 Å². The van der Waals surface area contributed by atoms with Crippen molar-refractivity contribution in [1.82, 2.24) is 4.31 Å². The van der Waals surface area contributed by atoms with E-state index in [2.05, 4.69) is 0 Å². The zero-order chi connectivity index (χ0) is 16.3. The monoisotopic (exact) mass is 363 g/mol. The van der Waals surface area contributed by atoms with Crippen molar-refractivity contribution in [1.29, 1.82) is 0 Å². The first-order chi connectivity index (χ1) is 10.4. The summed E-state index contributed by atoms with van der Waals surface area (Å²) in [6, 6.07) is 3.91. The van der Waals surface area contributed by atoms with E-state index < -0.39 is 15.9 Å². The molecule has 1 fully saturated rings.